The van der Waals surface area contributed by atoms with Crippen LogP contribution in [0.1, 0.15) is 24.8 Å². The summed E-state index contributed by atoms with van der Waals surface area (Å²) in [4.78, 5) is 11.3. The summed E-state index contributed by atoms with van der Waals surface area (Å²) in [5, 5.41) is 0. The molecule has 0 aliphatic heterocycles. The Labute approximate surface area is 131 Å². The van der Waals surface area contributed by atoms with Crippen molar-refractivity contribution in [3.63, 3.8) is 0 Å². The molecule has 0 atom stereocenters. The zero-order valence-electron chi connectivity index (χ0n) is 11.6. The van der Waals surface area contributed by atoms with Gasteiger partial charge in [-0.3, -0.25) is 4.79 Å². The number of methoxy groups -OCH3 is 1. The van der Waals surface area contributed by atoms with Gasteiger partial charge in [0.25, 0.3) is 0 Å². The Morgan fingerprint density at radius 2 is 2.05 bits per heavy atom. The summed E-state index contributed by atoms with van der Waals surface area (Å²) in [6.07, 6.45) is 1.53. The quantitative estimate of drug-likeness (QED) is 0.714. The predicted octanol–water partition coefficient (Wildman–Crippen LogP) is 2.85. The number of halogens is 2. The van der Waals surface area contributed by atoms with Crippen LogP contribution < -0.4 is 0 Å². The van der Waals surface area contributed by atoms with E-state index in [0.717, 1.165) is 0 Å². The molecule has 7 heteroatoms. The third kappa shape index (κ3) is 4.78. The highest BCUT2D eigenvalue weighted by Crippen LogP contribution is 2.50. The Bertz CT molecular complexity index is 633. The molecule has 0 unspecified atom stereocenters. The summed E-state index contributed by atoms with van der Waals surface area (Å²) < 4.78 is 42.9. The molecular formula is C14H16BrFO4S. The van der Waals surface area contributed by atoms with Crippen molar-refractivity contribution >= 4 is 31.7 Å². The fourth-order valence-corrected chi connectivity index (χ4v) is 5.01. The predicted molar refractivity (Wildman–Crippen MR) is 79.9 cm³/mol. The maximum absolute atomic E-state index is 13.3. The number of hydrogen-bond acceptors (Lipinski definition) is 4. The SMILES string of the molecule is COC(=O)CC1(CS(=O)(=O)Cc2cc(F)cc(Br)c2)CC1. The summed E-state index contributed by atoms with van der Waals surface area (Å²) in [5.41, 5.74) is -0.0908. The molecule has 1 fully saturated rings. The van der Waals surface area contributed by atoms with Crippen molar-refractivity contribution in [2.24, 2.45) is 5.41 Å². The first-order chi connectivity index (χ1) is 9.73. The molecule has 1 aromatic rings. The minimum absolute atomic E-state index is 0.0662. The van der Waals surface area contributed by atoms with Crippen molar-refractivity contribution in [1.82, 2.24) is 0 Å². The van der Waals surface area contributed by atoms with E-state index in [4.69, 9.17) is 0 Å². The smallest absolute Gasteiger partial charge is 0.306 e. The zero-order chi connectivity index (χ0) is 15.7. The normalized spacial score (nSPS) is 16.5. The number of carbonyl (C=O) groups excluding carboxylic acids is 1. The van der Waals surface area contributed by atoms with Crippen LogP contribution >= 0.6 is 15.9 Å². The Morgan fingerprint density at radius 1 is 1.38 bits per heavy atom. The Kier molecular flexibility index (Phi) is 4.72. The van der Waals surface area contributed by atoms with Crippen LogP contribution in [0.4, 0.5) is 4.39 Å². The van der Waals surface area contributed by atoms with Gasteiger partial charge in [0, 0.05) is 4.47 Å². The number of benzene rings is 1. The maximum Gasteiger partial charge on any atom is 0.306 e. The molecule has 1 aliphatic carbocycles. The largest absolute Gasteiger partial charge is 0.469 e. The summed E-state index contributed by atoms with van der Waals surface area (Å²) in [7, 11) is -2.12. The van der Waals surface area contributed by atoms with E-state index >= 15 is 0 Å². The molecule has 0 aromatic heterocycles. The number of ether oxygens (including phenoxy) is 1. The second-order valence-electron chi connectivity index (χ2n) is 5.56. The fraction of sp³-hybridized carbons (Fsp3) is 0.500. The molecule has 0 spiro atoms. The molecule has 0 saturated heterocycles. The lowest BCUT2D eigenvalue weighted by atomic mass is 10.1. The standard InChI is InChI=1S/C14H16BrFO4S/c1-20-13(17)7-14(2-3-14)9-21(18,19)8-10-4-11(15)6-12(16)5-10/h4-6H,2-3,7-9H2,1H3. The van der Waals surface area contributed by atoms with Gasteiger partial charge in [-0.05, 0) is 42.0 Å². The number of sulfone groups is 1. The highest BCUT2D eigenvalue weighted by Gasteiger charge is 2.47. The van der Waals surface area contributed by atoms with Crippen LogP contribution in [0.25, 0.3) is 0 Å². The van der Waals surface area contributed by atoms with Crippen LogP contribution in [0.5, 0.6) is 0 Å². The van der Waals surface area contributed by atoms with Gasteiger partial charge in [0.1, 0.15) is 5.82 Å². The van der Waals surface area contributed by atoms with Crippen LogP contribution in [-0.4, -0.2) is 27.2 Å². The van der Waals surface area contributed by atoms with E-state index in [0.29, 0.717) is 22.9 Å². The molecule has 4 nitrogen and oxygen atoms in total. The van der Waals surface area contributed by atoms with Gasteiger partial charge in [-0.15, -0.1) is 0 Å². The zero-order valence-corrected chi connectivity index (χ0v) is 14.0. The minimum atomic E-state index is -3.41. The average molecular weight is 379 g/mol. The summed E-state index contributed by atoms with van der Waals surface area (Å²) in [6, 6.07) is 4.07. The van der Waals surface area contributed by atoms with Crippen LogP contribution in [0.15, 0.2) is 22.7 Å². The monoisotopic (exact) mass is 378 g/mol. The van der Waals surface area contributed by atoms with Crippen molar-refractivity contribution in [3.05, 3.63) is 34.1 Å². The molecule has 1 saturated carbocycles. The third-order valence-corrected chi connectivity index (χ3v) is 5.82. The third-order valence-electron chi connectivity index (χ3n) is 3.54. The van der Waals surface area contributed by atoms with Crippen molar-refractivity contribution in [3.8, 4) is 0 Å². The van der Waals surface area contributed by atoms with Gasteiger partial charge in [-0.2, -0.15) is 0 Å². The topological polar surface area (TPSA) is 60.4 Å². The van der Waals surface area contributed by atoms with E-state index in [1.165, 1.54) is 19.2 Å². The molecule has 116 valence electrons. The highest BCUT2D eigenvalue weighted by atomic mass is 79.9. The van der Waals surface area contributed by atoms with Gasteiger partial charge in [0.05, 0.1) is 25.0 Å². The minimum Gasteiger partial charge on any atom is -0.469 e. The molecule has 21 heavy (non-hydrogen) atoms. The van der Waals surface area contributed by atoms with Gasteiger partial charge in [0.2, 0.25) is 0 Å². The second kappa shape index (κ2) is 6.04. The molecule has 0 heterocycles. The summed E-state index contributed by atoms with van der Waals surface area (Å²) in [6.45, 7) is 0. The lowest BCUT2D eigenvalue weighted by Crippen LogP contribution is -2.22. The molecule has 1 aliphatic rings. The average Bonchev–Trinajstić information content (AvgIpc) is 3.04. The van der Waals surface area contributed by atoms with Gasteiger partial charge < -0.3 is 4.74 Å². The van der Waals surface area contributed by atoms with E-state index in [2.05, 4.69) is 20.7 Å². The molecule has 0 amide bonds. The molecule has 0 N–H and O–H groups in total. The van der Waals surface area contributed by atoms with Gasteiger partial charge in [-0.25, -0.2) is 12.8 Å². The van der Waals surface area contributed by atoms with Crippen LogP contribution in [0.3, 0.4) is 0 Å². The first kappa shape index (κ1) is 16.4. The van der Waals surface area contributed by atoms with Crippen molar-refractivity contribution in [2.45, 2.75) is 25.0 Å². The second-order valence-corrected chi connectivity index (χ2v) is 8.54. The first-order valence-corrected chi connectivity index (χ1v) is 9.07. The lowest BCUT2D eigenvalue weighted by molar-refractivity contribution is -0.141. The van der Waals surface area contributed by atoms with Crippen LogP contribution in [-0.2, 0) is 25.1 Å². The van der Waals surface area contributed by atoms with Crippen molar-refractivity contribution in [1.29, 1.82) is 0 Å². The fourth-order valence-electron chi connectivity index (χ4n) is 2.39. The van der Waals surface area contributed by atoms with Gasteiger partial charge >= 0.3 is 5.97 Å². The van der Waals surface area contributed by atoms with Crippen molar-refractivity contribution in [2.75, 3.05) is 12.9 Å². The van der Waals surface area contributed by atoms with Gasteiger partial charge in [0.15, 0.2) is 9.84 Å². The number of rotatable bonds is 6. The van der Waals surface area contributed by atoms with Crippen molar-refractivity contribution < 1.29 is 22.3 Å². The van der Waals surface area contributed by atoms with Crippen LogP contribution in [0, 0.1) is 11.2 Å². The van der Waals surface area contributed by atoms with E-state index < -0.39 is 27.0 Å². The molecule has 0 bridgehead atoms. The van der Waals surface area contributed by atoms with E-state index in [-0.39, 0.29) is 17.9 Å². The Morgan fingerprint density at radius 3 is 2.57 bits per heavy atom. The highest BCUT2D eigenvalue weighted by molar-refractivity contribution is 9.10. The molecule has 2 rings (SSSR count). The van der Waals surface area contributed by atoms with E-state index in [1.807, 2.05) is 0 Å². The number of hydrogen-bond donors (Lipinski definition) is 0. The Balaban J connectivity index is 2.07. The summed E-state index contributed by atoms with van der Waals surface area (Å²) >= 11 is 3.14. The van der Waals surface area contributed by atoms with E-state index in [1.54, 1.807) is 6.07 Å². The number of carbonyl (C=O) groups is 1. The van der Waals surface area contributed by atoms with Gasteiger partial charge in [-0.1, -0.05) is 15.9 Å². The Hall–Kier alpha value is -0.950. The molecule has 0 radical (unpaired) electrons. The first-order valence-electron chi connectivity index (χ1n) is 6.46. The summed E-state index contributed by atoms with van der Waals surface area (Å²) in [5.74, 6) is -1.17. The molecule has 1 aromatic carbocycles. The maximum atomic E-state index is 13.3. The lowest BCUT2D eigenvalue weighted by Gasteiger charge is -2.14. The van der Waals surface area contributed by atoms with E-state index in [9.17, 15) is 17.6 Å². The van der Waals surface area contributed by atoms with Crippen LogP contribution in [0.2, 0.25) is 0 Å². The number of esters is 1. The molecular weight excluding hydrogens is 363 g/mol.